The molecule has 27 heavy (non-hydrogen) atoms. The third-order valence-electron chi connectivity index (χ3n) is 4.11. The average Bonchev–Trinajstić information content (AvgIpc) is 3.07. The number of para-hydroxylation sites is 2. The number of H-pyrrole nitrogens is 1. The second-order valence-electron chi connectivity index (χ2n) is 6.54. The number of fused-ring (bicyclic) bond motifs is 1. The molecule has 140 valence electrons. The molecule has 0 saturated heterocycles. The van der Waals surface area contributed by atoms with Gasteiger partial charge in [-0.3, -0.25) is 4.79 Å². The second-order valence-corrected chi connectivity index (χ2v) is 6.54. The van der Waals surface area contributed by atoms with Gasteiger partial charge in [0.1, 0.15) is 11.6 Å². The summed E-state index contributed by atoms with van der Waals surface area (Å²) < 4.78 is 5.14. The van der Waals surface area contributed by atoms with Gasteiger partial charge in [0.05, 0.1) is 17.1 Å². The predicted molar refractivity (Wildman–Crippen MR) is 101 cm³/mol. The second kappa shape index (κ2) is 7.90. The Morgan fingerprint density at radius 2 is 1.96 bits per heavy atom. The van der Waals surface area contributed by atoms with Crippen LogP contribution in [0.15, 0.2) is 48.5 Å². The van der Waals surface area contributed by atoms with Crippen molar-refractivity contribution in [2.75, 3.05) is 6.61 Å². The van der Waals surface area contributed by atoms with Crippen molar-refractivity contribution in [1.29, 1.82) is 0 Å². The fourth-order valence-electron chi connectivity index (χ4n) is 2.77. The molecule has 0 spiro atoms. The lowest BCUT2D eigenvalue weighted by Crippen LogP contribution is -2.32. The molecule has 3 N–H and O–H groups in total. The summed E-state index contributed by atoms with van der Waals surface area (Å²) in [5, 5.41) is 11.7. The first-order chi connectivity index (χ1) is 12.9. The summed E-state index contributed by atoms with van der Waals surface area (Å²) in [4.78, 5) is 31.2. The van der Waals surface area contributed by atoms with Crippen LogP contribution in [-0.4, -0.2) is 33.6 Å². The topological polar surface area (TPSA) is 104 Å². The zero-order chi connectivity index (χ0) is 19.4. The van der Waals surface area contributed by atoms with Gasteiger partial charge >= 0.3 is 5.97 Å². The maximum absolute atomic E-state index is 12.7. The normalized spacial score (nSPS) is 12.1. The maximum Gasteiger partial charge on any atom is 0.341 e. The van der Waals surface area contributed by atoms with Crippen molar-refractivity contribution in [1.82, 2.24) is 15.3 Å². The number of rotatable bonds is 7. The maximum atomic E-state index is 12.7. The van der Waals surface area contributed by atoms with E-state index in [0.717, 1.165) is 11.0 Å². The monoisotopic (exact) mass is 367 g/mol. The van der Waals surface area contributed by atoms with Crippen LogP contribution >= 0.6 is 0 Å². The summed E-state index contributed by atoms with van der Waals surface area (Å²) in [5.41, 5.74) is 2.15. The Labute approximate surface area is 156 Å². The van der Waals surface area contributed by atoms with E-state index in [9.17, 15) is 9.59 Å². The van der Waals surface area contributed by atoms with Crippen molar-refractivity contribution in [3.63, 3.8) is 0 Å². The van der Waals surface area contributed by atoms with Gasteiger partial charge < -0.3 is 20.1 Å². The number of amides is 1. The van der Waals surface area contributed by atoms with Crippen molar-refractivity contribution in [3.05, 3.63) is 59.9 Å². The smallest absolute Gasteiger partial charge is 0.341 e. The Balaban J connectivity index is 1.79. The third kappa shape index (κ3) is 4.44. The molecule has 0 aliphatic rings. The van der Waals surface area contributed by atoms with Crippen molar-refractivity contribution in [2.45, 2.75) is 19.9 Å². The summed E-state index contributed by atoms with van der Waals surface area (Å²) >= 11 is 0. The average molecular weight is 367 g/mol. The number of imidazole rings is 1. The number of carbonyl (C=O) groups is 2. The van der Waals surface area contributed by atoms with E-state index in [-0.39, 0.29) is 17.9 Å². The molecule has 7 heteroatoms. The van der Waals surface area contributed by atoms with Crippen molar-refractivity contribution < 1.29 is 19.4 Å². The van der Waals surface area contributed by atoms with Crippen LogP contribution in [0.4, 0.5) is 0 Å². The highest BCUT2D eigenvalue weighted by Crippen LogP contribution is 2.23. The highest BCUT2D eigenvalue weighted by molar-refractivity contribution is 5.94. The molecule has 1 amide bonds. The third-order valence-corrected chi connectivity index (χ3v) is 4.11. The molecule has 7 nitrogen and oxygen atoms in total. The largest absolute Gasteiger partial charge is 0.482 e. The fourth-order valence-corrected chi connectivity index (χ4v) is 2.77. The minimum Gasteiger partial charge on any atom is -0.482 e. The number of carboxylic acids is 1. The highest BCUT2D eigenvalue weighted by Gasteiger charge is 2.22. The number of ether oxygens (including phenoxy) is 1. The zero-order valence-corrected chi connectivity index (χ0v) is 15.1. The number of hydrogen-bond acceptors (Lipinski definition) is 4. The van der Waals surface area contributed by atoms with E-state index < -0.39 is 12.6 Å². The van der Waals surface area contributed by atoms with E-state index in [2.05, 4.69) is 15.3 Å². The quantitative estimate of drug-likeness (QED) is 0.595. The molecular formula is C20H21N3O4. The number of hydrogen-bond donors (Lipinski definition) is 3. The Morgan fingerprint density at radius 1 is 1.19 bits per heavy atom. The molecule has 1 unspecified atom stereocenters. The van der Waals surface area contributed by atoms with Crippen LogP contribution in [0.5, 0.6) is 5.75 Å². The molecule has 3 aromatic rings. The van der Waals surface area contributed by atoms with Gasteiger partial charge in [0.15, 0.2) is 6.61 Å². The molecule has 0 aliphatic heterocycles. The Morgan fingerprint density at radius 3 is 2.67 bits per heavy atom. The van der Waals surface area contributed by atoms with Gasteiger partial charge in [-0.2, -0.15) is 0 Å². The van der Waals surface area contributed by atoms with E-state index in [1.54, 1.807) is 18.2 Å². The molecule has 0 radical (unpaired) electrons. The number of aromatic nitrogens is 2. The molecule has 1 atom stereocenters. The van der Waals surface area contributed by atoms with Gasteiger partial charge in [-0.15, -0.1) is 0 Å². The molecule has 0 fully saturated rings. The van der Waals surface area contributed by atoms with Crippen LogP contribution in [0.2, 0.25) is 0 Å². The van der Waals surface area contributed by atoms with Crippen molar-refractivity contribution in [3.8, 4) is 5.75 Å². The van der Waals surface area contributed by atoms with Crippen molar-refractivity contribution in [2.24, 2.45) is 5.92 Å². The first-order valence-corrected chi connectivity index (χ1v) is 8.64. The van der Waals surface area contributed by atoms with Gasteiger partial charge in [0.25, 0.3) is 5.91 Å². The summed E-state index contributed by atoms with van der Waals surface area (Å²) in [7, 11) is 0. The number of carboxylic acid groups (broad SMARTS) is 1. The fraction of sp³-hybridized carbons (Fsp3) is 0.250. The van der Waals surface area contributed by atoms with E-state index in [0.29, 0.717) is 17.1 Å². The number of carbonyl (C=O) groups excluding carboxylic acids is 1. The Hall–Kier alpha value is -3.35. The van der Waals surface area contributed by atoms with E-state index in [4.69, 9.17) is 9.84 Å². The summed E-state index contributed by atoms with van der Waals surface area (Å²) in [5.74, 6) is -0.224. The van der Waals surface area contributed by atoms with Crippen LogP contribution in [0.25, 0.3) is 11.0 Å². The van der Waals surface area contributed by atoms with Crippen LogP contribution in [0.1, 0.15) is 36.1 Å². The minimum atomic E-state index is -1.07. The van der Waals surface area contributed by atoms with Crippen LogP contribution < -0.4 is 10.1 Å². The number of nitrogens with zero attached hydrogens (tertiary/aromatic N) is 1. The van der Waals surface area contributed by atoms with Gasteiger partial charge in [0, 0.05) is 5.56 Å². The van der Waals surface area contributed by atoms with Gasteiger partial charge in [-0.1, -0.05) is 32.0 Å². The molecule has 0 saturated carbocycles. The lowest BCUT2D eigenvalue weighted by molar-refractivity contribution is -0.139. The summed E-state index contributed by atoms with van der Waals surface area (Å²) in [6, 6.07) is 13.8. The van der Waals surface area contributed by atoms with E-state index in [1.807, 2.05) is 38.1 Å². The van der Waals surface area contributed by atoms with Gasteiger partial charge in [0.2, 0.25) is 0 Å². The lowest BCUT2D eigenvalue weighted by atomic mass is 10.0. The first kappa shape index (κ1) is 18.4. The van der Waals surface area contributed by atoms with E-state index in [1.165, 1.54) is 6.07 Å². The molecule has 0 aliphatic carbocycles. The van der Waals surface area contributed by atoms with Gasteiger partial charge in [-0.25, -0.2) is 9.78 Å². The number of aromatic amines is 1. The Bertz CT molecular complexity index is 932. The summed E-state index contributed by atoms with van der Waals surface area (Å²) in [6.45, 7) is 3.55. The summed E-state index contributed by atoms with van der Waals surface area (Å²) in [6.07, 6.45) is 0. The van der Waals surface area contributed by atoms with Crippen LogP contribution in [-0.2, 0) is 4.79 Å². The number of aliphatic carboxylic acids is 1. The predicted octanol–water partition coefficient (Wildman–Crippen LogP) is 3.15. The first-order valence-electron chi connectivity index (χ1n) is 8.64. The highest BCUT2D eigenvalue weighted by atomic mass is 16.5. The van der Waals surface area contributed by atoms with Gasteiger partial charge in [-0.05, 0) is 36.2 Å². The molecule has 1 heterocycles. The lowest BCUT2D eigenvalue weighted by Gasteiger charge is -2.20. The SMILES string of the molecule is CC(C)C(NC(=O)c1cccc(OCC(=O)O)c1)c1nc2ccccc2[nH]1. The minimum absolute atomic E-state index is 0.112. The standard InChI is InChI=1S/C20H21N3O4/c1-12(2)18(19-21-15-8-3-4-9-16(15)22-19)23-20(26)13-6-5-7-14(10-13)27-11-17(24)25/h3-10,12,18H,11H2,1-2H3,(H,21,22)(H,23,26)(H,24,25). The molecule has 2 aromatic carbocycles. The Kier molecular flexibility index (Phi) is 5.40. The molecule has 0 bridgehead atoms. The number of benzene rings is 2. The molecular weight excluding hydrogens is 346 g/mol. The van der Waals surface area contributed by atoms with Crippen LogP contribution in [0, 0.1) is 5.92 Å². The number of nitrogens with one attached hydrogen (secondary N) is 2. The van der Waals surface area contributed by atoms with Crippen molar-refractivity contribution >= 4 is 22.9 Å². The van der Waals surface area contributed by atoms with E-state index >= 15 is 0 Å². The molecule has 3 rings (SSSR count). The molecule has 1 aromatic heterocycles. The zero-order valence-electron chi connectivity index (χ0n) is 15.1. The van der Waals surface area contributed by atoms with Crippen LogP contribution in [0.3, 0.4) is 0 Å².